The molecular weight excluding hydrogens is 233 g/mol. The van der Waals surface area contributed by atoms with E-state index in [0.717, 1.165) is 0 Å². The first kappa shape index (κ1) is 12.9. The lowest BCUT2D eigenvalue weighted by Gasteiger charge is -2.09. The Labute approximate surface area is 94.3 Å². The Morgan fingerprint density at radius 3 is 2.62 bits per heavy atom. The van der Waals surface area contributed by atoms with Crippen molar-refractivity contribution in [2.75, 3.05) is 13.3 Å². The lowest BCUT2D eigenvalue weighted by molar-refractivity contribution is 0.288. The number of ether oxygens (including phenoxy) is 1. The molecule has 0 amide bonds. The summed E-state index contributed by atoms with van der Waals surface area (Å²) in [6.07, 6.45) is 0.316. The molecule has 0 aliphatic rings. The lowest BCUT2D eigenvalue weighted by atomic mass is 10.2. The molecule has 1 aromatic rings. The van der Waals surface area contributed by atoms with Gasteiger partial charge in [0.2, 0.25) is 10.0 Å². The van der Waals surface area contributed by atoms with E-state index in [0.29, 0.717) is 17.7 Å². The van der Waals surface area contributed by atoms with Gasteiger partial charge in [-0.15, -0.1) is 0 Å². The summed E-state index contributed by atoms with van der Waals surface area (Å²) in [6.45, 7) is 1.54. The lowest BCUT2D eigenvalue weighted by Crippen LogP contribution is -2.12. The maximum atomic E-state index is 11.8. The van der Waals surface area contributed by atoms with Crippen molar-refractivity contribution in [3.8, 4) is 5.75 Å². The average molecular weight is 247 g/mol. The van der Waals surface area contributed by atoms with Crippen LogP contribution < -0.4 is 9.88 Å². The predicted octanol–water partition coefficient (Wildman–Crippen LogP) is 1.38. The molecule has 1 aromatic carbocycles. The molecule has 0 aromatic heterocycles. The highest BCUT2D eigenvalue weighted by Crippen LogP contribution is 2.21. The number of hydrogen-bond acceptors (Lipinski definition) is 3. The minimum Gasteiger partial charge on any atom is -0.493 e. The number of sulfonamides is 1. The summed E-state index contributed by atoms with van der Waals surface area (Å²) < 4.78 is 39.2. The van der Waals surface area contributed by atoms with E-state index < -0.39 is 16.7 Å². The van der Waals surface area contributed by atoms with Crippen molar-refractivity contribution < 1.29 is 17.5 Å². The quantitative estimate of drug-likeness (QED) is 0.799. The van der Waals surface area contributed by atoms with Gasteiger partial charge >= 0.3 is 0 Å². The molecule has 2 N–H and O–H groups in total. The number of nitrogens with two attached hydrogens (primary N) is 1. The molecule has 90 valence electrons. The van der Waals surface area contributed by atoms with Gasteiger partial charge in [-0.05, 0) is 30.7 Å². The minimum atomic E-state index is -3.68. The van der Waals surface area contributed by atoms with E-state index in [1.165, 1.54) is 18.2 Å². The number of rotatable bonds is 5. The van der Waals surface area contributed by atoms with Gasteiger partial charge < -0.3 is 4.74 Å². The average Bonchev–Trinajstić information content (AvgIpc) is 2.19. The number of aryl methyl sites for hydroxylation is 1. The Morgan fingerprint density at radius 1 is 1.44 bits per heavy atom. The molecule has 6 heteroatoms. The molecule has 4 nitrogen and oxygen atoms in total. The van der Waals surface area contributed by atoms with Crippen molar-refractivity contribution in [3.05, 3.63) is 23.8 Å². The molecule has 0 saturated carbocycles. The fourth-order valence-corrected chi connectivity index (χ4v) is 1.80. The fourth-order valence-electron chi connectivity index (χ4n) is 1.20. The van der Waals surface area contributed by atoms with Crippen molar-refractivity contribution in [3.63, 3.8) is 0 Å². The molecule has 0 aliphatic carbocycles. The highest BCUT2D eigenvalue weighted by atomic mass is 32.2. The smallest absolute Gasteiger partial charge is 0.238 e. The first-order chi connectivity index (χ1) is 7.45. The Morgan fingerprint density at radius 2 is 2.12 bits per heavy atom. The van der Waals surface area contributed by atoms with Crippen LogP contribution in [0.25, 0.3) is 0 Å². The van der Waals surface area contributed by atoms with E-state index in [2.05, 4.69) is 0 Å². The van der Waals surface area contributed by atoms with Gasteiger partial charge in [0.05, 0.1) is 18.2 Å². The fraction of sp³-hybridized carbons (Fsp3) is 0.400. The normalized spacial score (nSPS) is 11.4. The van der Waals surface area contributed by atoms with Gasteiger partial charge in [0.25, 0.3) is 0 Å². The Kier molecular flexibility index (Phi) is 4.26. The van der Waals surface area contributed by atoms with Crippen molar-refractivity contribution in [2.24, 2.45) is 5.14 Å². The van der Waals surface area contributed by atoms with Gasteiger partial charge in [-0.25, -0.2) is 13.6 Å². The second-order valence-corrected chi connectivity index (χ2v) is 4.92. The third-order valence-corrected chi connectivity index (χ3v) is 2.92. The van der Waals surface area contributed by atoms with Crippen molar-refractivity contribution in [1.82, 2.24) is 0 Å². The summed E-state index contributed by atoms with van der Waals surface area (Å²) in [5.74, 6) is 0.542. The summed E-state index contributed by atoms with van der Waals surface area (Å²) in [6, 6.07) is 4.32. The van der Waals surface area contributed by atoms with Crippen LogP contribution in [0.1, 0.15) is 12.0 Å². The Hall–Kier alpha value is -1.14. The third-order valence-electron chi connectivity index (χ3n) is 2.01. The molecule has 16 heavy (non-hydrogen) atoms. The zero-order valence-electron chi connectivity index (χ0n) is 8.94. The topological polar surface area (TPSA) is 69.4 Å². The second kappa shape index (κ2) is 5.27. The van der Waals surface area contributed by atoms with Crippen LogP contribution in [0.15, 0.2) is 23.1 Å². The van der Waals surface area contributed by atoms with Gasteiger partial charge in [-0.3, -0.25) is 4.39 Å². The molecule has 0 unspecified atom stereocenters. The number of halogens is 1. The van der Waals surface area contributed by atoms with Gasteiger partial charge in [0.1, 0.15) is 5.75 Å². The summed E-state index contributed by atoms with van der Waals surface area (Å²) >= 11 is 0. The number of primary sulfonamides is 1. The zero-order valence-corrected chi connectivity index (χ0v) is 9.76. The molecule has 0 atom stereocenters. The van der Waals surface area contributed by atoms with E-state index >= 15 is 0 Å². The molecule has 1 rings (SSSR count). The molecule has 0 spiro atoms. The van der Waals surface area contributed by atoms with E-state index in [4.69, 9.17) is 9.88 Å². The van der Waals surface area contributed by atoms with E-state index in [-0.39, 0.29) is 11.5 Å². The summed E-state index contributed by atoms with van der Waals surface area (Å²) in [5, 5.41) is 4.98. The van der Waals surface area contributed by atoms with E-state index in [1.54, 1.807) is 6.92 Å². The Balaban J connectivity index is 2.84. The van der Waals surface area contributed by atoms with Crippen LogP contribution in [0.5, 0.6) is 5.75 Å². The maximum Gasteiger partial charge on any atom is 0.238 e. The monoisotopic (exact) mass is 247 g/mol. The summed E-state index contributed by atoms with van der Waals surface area (Å²) in [5.41, 5.74) is 0.658. The summed E-state index contributed by atoms with van der Waals surface area (Å²) in [4.78, 5) is 0.0443. The van der Waals surface area contributed by atoms with Crippen molar-refractivity contribution in [2.45, 2.75) is 18.2 Å². The standard InChI is InChI=1S/C10H14FNO3S/c1-8-7-9(16(12,13)14)3-4-10(8)15-6-2-5-11/h3-4,7H,2,5-6H2,1H3,(H2,12,13,14). The van der Waals surface area contributed by atoms with Crippen LogP contribution in [0.4, 0.5) is 4.39 Å². The van der Waals surface area contributed by atoms with Gasteiger partial charge in [-0.1, -0.05) is 0 Å². The molecule has 0 aliphatic heterocycles. The SMILES string of the molecule is Cc1cc(S(N)(=O)=O)ccc1OCCCF. The second-order valence-electron chi connectivity index (χ2n) is 3.36. The highest BCUT2D eigenvalue weighted by molar-refractivity contribution is 7.89. The summed E-state index contributed by atoms with van der Waals surface area (Å²) in [7, 11) is -3.68. The Bertz CT molecular complexity index is 459. The minimum absolute atomic E-state index is 0.0443. The molecule has 0 bridgehead atoms. The predicted molar refractivity (Wildman–Crippen MR) is 58.6 cm³/mol. The maximum absolute atomic E-state index is 11.8. The zero-order chi connectivity index (χ0) is 12.2. The number of alkyl halides is 1. The molecule has 0 fully saturated rings. The number of hydrogen-bond donors (Lipinski definition) is 1. The van der Waals surface area contributed by atoms with Crippen LogP contribution in [0, 0.1) is 6.92 Å². The van der Waals surface area contributed by atoms with Crippen molar-refractivity contribution >= 4 is 10.0 Å². The third kappa shape index (κ3) is 3.46. The first-order valence-corrected chi connectivity index (χ1v) is 6.32. The highest BCUT2D eigenvalue weighted by Gasteiger charge is 2.09. The van der Waals surface area contributed by atoms with E-state index in [1.807, 2.05) is 0 Å². The van der Waals surface area contributed by atoms with Crippen molar-refractivity contribution in [1.29, 1.82) is 0 Å². The van der Waals surface area contributed by atoms with Gasteiger partial charge in [-0.2, -0.15) is 0 Å². The largest absolute Gasteiger partial charge is 0.493 e. The molecule has 0 radical (unpaired) electrons. The molecule has 0 saturated heterocycles. The molecular formula is C10H14FNO3S. The van der Waals surface area contributed by atoms with Crippen LogP contribution in [-0.4, -0.2) is 21.7 Å². The van der Waals surface area contributed by atoms with Gasteiger partial charge in [0, 0.05) is 6.42 Å². The van der Waals surface area contributed by atoms with Gasteiger partial charge in [0.15, 0.2) is 0 Å². The molecule has 0 heterocycles. The number of benzene rings is 1. The van der Waals surface area contributed by atoms with E-state index in [9.17, 15) is 12.8 Å². The van der Waals surface area contributed by atoms with Crippen LogP contribution >= 0.6 is 0 Å². The van der Waals surface area contributed by atoms with Crippen LogP contribution in [-0.2, 0) is 10.0 Å². The van der Waals surface area contributed by atoms with Crippen LogP contribution in [0.3, 0.4) is 0 Å². The first-order valence-electron chi connectivity index (χ1n) is 4.77. The van der Waals surface area contributed by atoms with Crippen LogP contribution in [0.2, 0.25) is 0 Å².